The van der Waals surface area contributed by atoms with Gasteiger partial charge >= 0.3 is 0 Å². The van der Waals surface area contributed by atoms with E-state index in [9.17, 15) is 0 Å². The van der Waals surface area contributed by atoms with Gasteiger partial charge in [0, 0.05) is 0 Å². The van der Waals surface area contributed by atoms with Gasteiger partial charge in [-0.3, -0.25) is 0 Å². The number of fused-ring (bicyclic) bond motifs is 2. The summed E-state index contributed by atoms with van der Waals surface area (Å²) in [6, 6.07) is 19.9. The molecule has 0 radical (unpaired) electrons. The average molecular weight is 284 g/mol. The van der Waals surface area contributed by atoms with Gasteiger partial charge in [-0.15, -0.1) is 0 Å². The van der Waals surface area contributed by atoms with E-state index in [0.717, 1.165) is 12.8 Å². The van der Waals surface area contributed by atoms with E-state index in [1.165, 1.54) is 38.6 Å². The lowest BCUT2D eigenvalue weighted by molar-refractivity contribution is 1.04. The molecule has 22 heavy (non-hydrogen) atoms. The molecule has 0 spiro atoms. The third-order valence-electron chi connectivity index (χ3n) is 4.84. The van der Waals surface area contributed by atoms with Crippen molar-refractivity contribution in [3.63, 3.8) is 0 Å². The van der Waals surface area contributed by atoms with Gasteiger partial charge in [0.15, 0.2) is 0 Å². The Labute approximate surface area is 132 Å². The molecule has 0 amide bonds. The molecule has 0 aromatic heterocycles. The molecule has 108 valence electrons. The summed E-state index contributed by atoms with van der Waals surface area (Å²) in [6.45, 7) is 4.48. The molecule has 1 aliphatic rings. The summed E-state index contributed by atoms with van der Waals surface area (Å²) in [5.41, 5.74) is 8.62. The molecular weight excluding hydrogens is 264 g/mol. The highest BCUT2D eigenvalue weighted by Crippen LogP contribution is 2.39. The lowest BCUT2D eigenvalue weighted by Gasteiger charge is -2.15. The Hall–Kier alpha value is -2.34. The van der Waals surface area contributed by atoms with Crippen LogP contribution in [0.25, 0.3) is 28.0 Å². The van der Waals surface area contributed by atoms with Crippen LogP contribution >= 0.6 is 0 Å². The summed E-state index contributed by atoms with van der Waals surface area (Å²) in [6.07, 6.45) is 4.62. The number of allylic oxidation sites excluding steroid dienone is 1. The van der Waals surface area contributed by atoms with Crippen LogP contribution in [0.1, 0.15) is 30.0 Å². The minimum Gasteiger partial charge on any atom is -0.0655 e. The van der Waals surface area contributed by atoms with E-state index in [-0.39, 0.29) is 0 Å². The third kappa shape index (κ3) is 1.99. The van der Waals surface area contributed by atoms with Crippen LogP contribution in [0.15, 0.2) is 60.2 Å². The van der Waals surface area contributed by atoms with Gasteiger partial charge in [-0.05, 0) is 58.4 Å². The first-order valence-electron chi connectivity index (χ1n) is 8.08. The molecule has 0 unspecified atom stereocenters. The number of benzene rings is 3. The predicted molar refractivity (Wildman–Crippen MR) is 96.1 cm³/mol. The van der Waals surface area contributed by atoms with Crippen LogP contribution in [-0.4, -0.2) is 0 Å². The van der Waals surface area contributed by atoms with Crippen LogP contribution in [0, 0.1) is 6.92 Å². The van der Waals surface area contributed by atoms with E-state index in [0.29, 0.717) is 0 Å². The molecule has 0 N–H and O–H groups in total. The lowest BCUT2D eigenvalue weighted by atomic mass is 9.89. The summed E-state index contributed by atoms with van der Waals surface area (Å²) >= 11 is 0. The molecule has 0 aliphatic heterocycles. The maximum atomic E-state index is 2.37. The first kappa shape index (κ1) is 13.3. The van der Waals surface area contributed by atoms with Crippen molar-refractivity contribution in [2.75, 3.05) is 0 Å². The highest BCUT2D eigenvalue weighted by Gasteiger charge is 2.18. The third-order valence-corrected chi connectivity index (χ3v) is 4.84. The molecule has 4 rings (SSSR count). The maximum Gasteiger partial charge on any atom is -0.00518 e. The van der Waals surface area contributed by atoms with Crippen LogP contribution in [0.3, 0.4) is 0 Å². The zero-order chi connectivity index (χ0) is 15.1. The fraction of sp³-hybridized carbons (Fsp3) is 0.182. The summed E-state index contributed by atoms with van der Waals surface area (Å²) < 4.78 is 0. The molecule has 3 aromatic carbocycles. The molecule has 0 bridgehead atoms. The largest absolute Gasteiger partial charge is 0.0655 e. The van der Waals surface area contributed by atoms with Crippen LogP contribution in [-0.2, 0) is 6.42 Å². The van der Waals surface area contributed by atoms with Crippen molar-refractivity contribution in [2.24, 2.45) is 0 Å². The average Bonchev–Trinajstić information content (AvgIpc) is 2.98. The molecule has 0 atom stereocenters. The molecule has 0 fully saturated rings. The zero-order valence-corrected chi connectivity index (χ0v) is 13.2. The van der Waals surface area contributed by atoms with Crippen LogP contribution in [0.5, 0.6) is 0 Å². The van der Waals surface area contributed by atoms with Crippen LogP contribution in [0.4, 0.5) is 0 Å². The first-order chi connectivity index (χ1) is 10.8. The minimum absolute atomic E-state index is 1.10. The van der Waals surface area contributed by atoms with E-state index in [2.05, 4.69) is 74.5 Å². The Bertz CT molecular complexity index is 897. The van der Waals surface area contributed by atoms with Gasteiger partial charge in [-0.2, -0.15) is 0 Å². The topological polar surface area (TPSA) is 0 Å². The number of hydrogen-bond acceptors (Lipinski definition) is 0. The van der Waals surface area contributed by atoms with Gasteiger partial charge in [0.1, 0.15) is 0 Å². The second-order valence-corrected chi connectivity index (χ2v) is 6.18. The molecule has 0 saturated carbocycles. The van der Waals surface area contributed by atoms with E-state index < -0.39 is 0 Å². The van der Waals surface area contributed by atoms with Crippen molar-refractivity contribution >= 4 is 16.8 Å². The van der Waals surface area contributed by atoms with Gasteiger partial charge in [0.25, 0.3) is 0 Å². The van der Waals surface area contributed by atoms with Crippen molar-refractivity contribution in [1.29, 1.82) is 0 Å². The van der Waals surface area contributed by atoms with Crippen molar-refractivity contribution in [3.05, 3.63) is 76.9 Å². The standard InChI is InChI=1S/C22H20/c1-3-16-13-18-8-6-10-20(21(18)14-16)22-15(2)11-12-17-7-4-5-9-19(17)22/h4-13H,3,14H2,1-2H3. The fourth-order valence-corrected chi connectivity index (χ4v) is 3.63. The maximum absolute atomic E-state index is 2.37. The zero-order valence-electron chi connectivity index (χ0n) is 13.2. The number of hydrogen-bond donors (Lipinski definition) is 0. The monoisotopic (exact) mass is 284 g/mol. The van der Waals surface area contributed by atoms with E-state index in [4.69, 9.17) is 0 Å². The summed E-state index contributed by atoms with van der Waals surface area (Å²) in [5, 5.41) is 2.68. The molecule has 3 aromatic rings. The Morgan fingerprint density at radius 1 is 0.909 bits per heavy atom. The van der Waals surface area contributed by atoms with Gasteiger partial charge < -0.3 is 0 Å². The van der Waals surface area contributed by atoms with Gasteiger partial charge in [0.2, 0.25) is 0 Å². The molecule has 0 saturated heterocycles. The van der Waals surface area contributed by atoms with Crippen molar-refractivity contribution < 1.29 is 0 Å². The summed E-state index contributed by atoms with van der Waals surface area (Å²) in [5.74, 6) is 0. The van der Waals surface area contributed by atoms with E-state index >= 15 is 0 Å². The Balaban J connectivity index is 2.00. The van der Waals surface area contributed by atoms with Crippen molar-refractivity contribution in [3.8, 4) is 11.1 Å². The van der Waals surface area contributed by atoms with Crippen LogP contribution in [0.2, 0.25) is 0 Å². The predicted octanol–water partition coefficient (Wildman–Crippen LogP) is 6.16. The molecule has 1 aliphatic carbocycles. The van der Waals surface area contributed by atoms with Crippen LogP contribution < -0.4 is 0 Å². The van der Waals surface area contributed by atoms with E-state index in [1.807, 2.05) is 0 Å². The lowest BCUT2D eigenvalue weighted by Crippen LogP contribution is -1.93. The van der Waals surface area contributed by atoms with Gasteiger partial charge in [0.05, 0.1) is 0 Å². The smallest absolute Gasteiger partial charge is 0.00518 e. The van der Waals surface area contributed by atoms with Gasteiger partial charge in [-0.25, -0.2) is 0 Å². The van der Waals surface area contributed by atoms with Gasteiger partial charge in [-0.1, -0.05) is 73.2 Å². The molecule has 0 nitrogen and oxygen atoms in total. The quantitative estimate of drug-likeness (QED) is 0.528. The summed E-state index contributed by atoms with van der Waals surface area (Å²) in [4.78, 5) is 0. The minimum atomic E-state index is 1.10. The summed E-state index contributed by atoms with van der Waals surface area (Å²) in [7, 11) is 0. The van der Waals surface area contributed by atoms with Crippen molar-refractivity contribution in [1.82, 2.24) is 0 Å². The molecule has 0 heterocycles. The second-order valence-electron chi connectivity index (χ2n) is 6.18. The highest BCUT2D eigenvalue weighted by atomic mass is 14.2. The van der Waals surface area contributed by atoms with Crippen molar-refractivity contribution in [2.45, 2.75) is 26.7 Å². The normalized spacial score (nSPS) is 13.3. The Morgan fingerprint density at radius 3 is 2.64 bits per heavy atom. The number of rotatable bonds is 2. The Morgan fingerprint density at radius 2 is 1.77 bits per heavy atom. The Kier molecular flexibility index (Phi) is 3.11. The second kappa shape index (κ2) is 5.14. The fourth-order valence-electron chi connectivity index (χ4n) is 3.63. The first-order valence-corrected chi connectivity index (χ1v) is 8.08. The highest BCUT2D eigenvalue weighted by molar-refractivity contribution is 5.99. The van der Waals surface area contributed by atoms with E-state index in [1.54, 1.807) is 5.57 Å². The number of aryl methyl sites for hydroxylation is 1. The SMILES string of the molecule is CCC1=Cc2cccc(-c3c(C)ccc4ccccc34)c2C1. The molecule has 0 heteroatoms. The molecular formula is C22H20.